The zero-order valence-electron chi connectivity index (χ0n) is 16.6. The van der Waals surface area contributed by atoms with E-state index in [1.165, 1.54) is 24.3 Å². The predicted octanol–water partition coefficient (Wildman–Crippen LogP) is 4.49. The molecule has 0 spiro atoms. The fourth-order valence-corrected chi connectivity index (χ4v) is 3.40. The quantitative estimate of drug-likeness (QED) is 0.575. The van der Waals surface area contributed by atoms with Crippen molar-refractivity contribution in [1.82, 2.24) is 14.9 Å². The first-order chi connectivity index (χ1) is 14.9. The Morgan fingerprint density at radius 1 is 0.871 bits per heavy atom. The first-order valence-corrected chi connectivity index (χ1v) is 9.80. The summed E-state index contributed by atoms with van der Waals surface area (Å²) in [4.78, 5) is 13.0. The molecule has 0 radical (unpaired) electrons. The van der Waals surface area contributed by atoms with E-state index in [-0.39, 0.29) is 5.75 Å². The van der Waals surface area contributed by atoms with Gasteiger partial charge in [-0.3, -0.25) is 9.88 Å². The SMILES string of the molecule is FC(F)(F)Oc1ccc(Oc2cccc(CN3CCN(c4cnccn4)CC3)c2)cc1. The van der Waals surface area contributed by atoms with Crippen LogP contribution in [0.25, 0.3) is 0 Å². The molecule has 0 aliphatic carbocycles. The summed E-state index contributed by atoms with van der Waals surface area (Å²) >= 11 is 0. The highest BCUT2D eigenvalue weighted by molar-refractivity contribution is 5.38. The van der Waals surface area contributed by atoms with Crippen molar-refractivity contribution in [1.29, 1.82) is 0 Å². The van der Waals surface area contributed by atoms with Crippen LogP contribution in [0.5, 0.6) is 17.2 Å². The normalized spacial score (nSPS) is 15.0. The topological polar surface area (TPSA) is 50.7 Å². The summed E-state index contributed by atoms with van der Waals surface area (Å²) in [5.41, 5.74) is 1.10. The van der Waals surface area contributed by atoms with Crippen LogP contribution in [0.15, 0.2) is 67.1 Å². The first kappa shape index (κ1) is 20.9. The van der Waals surface area contributed by atoms with Gasteiger partial charge in [-0.25, -0.2) is 4.98 Å². The molecular weight excluding hydrogens is 409 g/mol. The molecule has 1 aromatic heterocycles. The number of ether oxygens (including phenoxy) is 2. The van der Waals surface area contributed by atoms with E-state index in [0.29, 0.717) is 11.5 Å². The molecule has 1 fully saturated rings. The average molecular weight is 430 g/mol. The average Bonchev–Trinajstić information content (AvgIpc) is 2.76. The lowest BCUT2D eigenvalue weighted by molar-refractivity contribution is -0.274. The highest BCUT2D eigenvalue weighted by atomic mass is 19.4. The maximum atomic E-state index is 12.3. The second kappa shape index (κ2) is 9.22. The molecule has 1 aliphatic heterocycles. The van der Waals surface area contributed by atoms with Gasteiger partial charge in [-0.05, 0) is 42.0 Å². The summed E-state index contributed by atoms with van der Waals surface area (Å²) in [6, 6.07) is 13.0. The van der Waals surface area contributed by atoms with E-state index in [4.69, 9.17) is 4.74 Å². The number of rotatable bonds is 6. The molecule has 2 heterocycles. The lowest BCUT2D eigenvalue weighted by Gasteiger charge is -2.35. The molecule has 31 heavy (non-hydrogen) atoms. The van der Waals surface area contributed by atoms with Gasteiger partial charge in [-0.2, -0.15) is 0 Å². The monoisotopic (exact) mass is 430 g/mol. The van der Waals surface area contributed by atoms with Crippen LogP contribution in [0, 0.1) is 0 Å². The Kier molecular flexibility index (Phi) is 6.22. The molecule has 3 aromatic rings. The van der Waals surface area contributed by atoms with Crippen molar-refractivity contribution in [2.24, 2.45) is 0 Å². The Morgan fingerprint density at radius 2 is 1.61 bits per heavy atom. The van der Waals surface area contributed by atoms with Crippen molar-refractivity contribution in [3.8, 4) is 17.2 Å². The van der Waals surface area contributed by atoms with Gasteiger partial charge < -0.3 is 14.4 Å². The fourth-order valence-electron chi connectivity index (χ4n) is 3.40. The Labute approximate surface area is 177 Å². The molecule has 6 nitrogen and oxygen atoms in total. The molecule has 0 atom stereocenters. The van der Waals surface area contributed by atoms with Crippen LogP contribution in [0.3, 0.4) is 0 Å². The van der Waals surface area contributed by atoms with Gasteiger partial charge in [0.15, 0.2) is 0 Å². The Bertz CT molecular complexity index is 976. The number of aromatic nitrogens is 2. The summed E-state index contributed by atoms with van der Waals surface area (Å²) in [7, 11) is 0. The highest BCUT2D eigenvalue weighted by Crippen LogP contribution is 2.28. The number of piperazine rings is 1. The minimum atomic E-state index is -4.71. The van der Waals surface area contributed by atoms with Gasteiger partial charge in [0.2, 0.25) is 0 Å². The van der Waals surface area contributed by atoms with Crippen molar-refractivity contribution in [2.45, 2.75) is 12.9 Å². The molecule has 0 unspecified atom stereocenters. The molecule has 0 amide bonds. The summed E-state index contributed by atoms with van der Waals surface area (Å²) < 4.78 is 46.5. The number of benzene rings is 2. The van der Waals surface area contributed by atoms with Crippen molar-refractivity contribution < 1.29 is 22.6 Å². The molecule has 9 heteroatoms. The largest absolute Gasteiger partial charge is 0.573 e. The van der Waals surface area contributed by atoms with E-state index in [1.54, 1.807) is 18.6 Å². The molecule has 1 aliphatic rings. The minimum Gasteiger partial charge on any atom is -0.457 e. The molecule has 2 aromatic carbocycles. The zero-order chi connectivity index (χ0) is 21.7. The van der Waals surface area contributed by atoms with Gasteiger partial charge in [0.05, 0.1) is 6.20 Å². The number of nitrogens with zero attached hydrogens (tertiary/aromatic N) is 4. The van der Waals surface area contributed by atoms with Crippen LogP contribution in [0.2, 0.25) is 0 Å². The van der Waals surface area contributed by atoms with Crippen molar-refractivity contribution >= 4 is 5.82 Å². The smallest absolute Gasteiger partial charge is 0.457 e. The molecule has 1 saturated heterocycles. The maximum absolute atomic E-state index is 12.3. The fraction of sp³-hybridized carbons (Fsp3) is 0.273. The van der Waals surface area contributed by atoms with Crippen molar-refractivity contribution in [2.75, 3.05) is 31.1 Å². The number of anilines is 1. The molecule has 0 N–H and O–H groups in total. The number of halogens is 3. The summed E-state index contributed by atoms with van der Waals surface area (Å²) in [6.07, 6.45) is 0.429. The maximum Gasteiger partial charge on any atom is 0.573 e. The number of alkyl halides is 3. The van der Waals surface area contributed by atoms with Crippen LogP contribution in [0.4, 0.5) is 19.0 Å². The second-order valence-electron chi connectivity index (χ2n) is 7.10. The van der Waals surface area contributed by atoms with Gasteiger partial charge in [-0.1, -0.05) is 12.1 Å². The van der Waals surface area contributed by atoms with Crippen LogP contribution < -0.4 is 14.4 Å². The first-order valence-electron chi connectivity index (χ1n) is 9.80. The van der Waals surface area contributed by atoms with Crippen LogP contribution in [0.1, 0.15) is 5.56 Å². The van der Waals surface area contributed by atoms with Crippen molar-refractivity contribution in [3.05, 3.63) is 72.7 Å². The van der Waals surface area contributed by atoms with Gasteiger partial charge in [0.1, 0.15) is 23.1 Å². The van der Waals surface area contributed by atoms with Gasteiger partial charge in [0, 0.05) is 45.1 Å². The van der Waals surface area contributed by atoms with E-state index in [9.17, 15) is 13.2 Å². The number of hydrogen-bond donors (Lipinski definition) is 0. The molecule has 0 bridgehead atoms. The third kappa shape index (κ3) is 6.08. The highest BCUT2D eigenvalue weighted by Gasteiger charge is 2.31. The summed E-state index contributed by atoms with van der Waals surface area (Å²) in [5, 5.41) is 0. The third-order valence-electron chi connectivity index (χ3n) is 4.84. The predicted molar refractivity (Wildman–Crippen MR) is 109 cm³/mol. The third-order valence-corrected chi connectivity index (χ3v) is 4.84. The standard InChI is InChI=1S/C22H21F3N4O2/c23-22(24,25)31-19-6-4-18(5-7-19)30-20-3-1-2-17(14-20)16-28-10-12-29(13-11-28)21-15-26-8-9-27-21/h1-9,14-15H,10-13,16H2. The lowest BCUT2D eigenvalue weighted by atomic mass is 10.2. The van der Waals surface area contributed by atoms with E-state index < -0.39 is 6.36 Å². The van der Waals surface area contributed by atoms with Gasteiger partial charge in [-0.15, -0.1) is 13.2 Å². The number of hydrogen-bond acceptors (Lipinski definition) is 6. The molecule has 0 saturated carbocycles. The Balaban J connectivity index is 1.32. The summed E-state index contributed by atoms with van der Waals surface area (Å²) in [6.45, 7) is 4.34. The minimum absolute atomic E-state index is 0.283. The van der Waals surface area contributed by atoms with Gasteiger partial charge in [0.25, 0.3) is 0 Å². The Morgan fingerprint density at radius 3 is 2.29 bits per heavy atom. The van der Waals surface area contributed by atoms with Gasteiger partial charge >= 0.3 is 6.36 Å². The van der Waals surface area contributed by atoms with E-state index in [1.807, 2.05) is 24.3 Å². The zero-order valence-corrected chi connectivity index (χ0v) is 16.6. The van der Waals surface area contributed by atoms with Crippen molar-refractivity contribution in [3.63, 3.8) is 0 Å². The second-order valence-corrected chi connectivity index (χ2v) is 7.10. The van der Waals surface area contributed by atoms with E-state index in [0.717, 1.165) is 44.1 Å². The molecule has 4 rings (SSSR count). The Hall–Kier alpha value is -3.33. The lowest BCUT2D eigenvalue weighted by Crippen LogP contribution is -2.46. The summed E-state index contributed by atoms with van der Waals surface area (Å²) in [5.74, 6) is 1.67. The van der Waals surface area contributed by atoms with E-state index in [2.05, 4.69) is 24.5 Å². The van der Waals surface area contributed by atoms with Crippen LogP contribution in [-0.4, -0.2) is 47.4 Å². The molecule has 162 valence electrons. The van der Waals surface area contributed by atoms with E-state index >= 15 is 0 Å². The molecular formula is C22H21F3N4O2. The van der Waals surface area contributed by atoms with Crippen LogP contribution in [-0.2, 0) is 6.54 Å². The van der Waals surface area contributed by atoms with Crippen LogP contribution >= 0.6 is 0 Å².